The third-order valence-electron chi connectivity index (χ3n) is 1.33. The average molecular weight is 224 g/mol. The number of rotatable bonds is 5. The molecular formula is C6H12N2O3S2. The molecule has 0 aliphatic carbocycles. The van der Waals surface area contributed by atoms with E-state index in [-0.39, 0.29) is 11.5 Å². The lowest BCUT2D eigenvalue weighted by atomic mass is 10.3. The van der Waals surface area contributed by atoms with E-state index in [0.29, 0.717) is 0 Å². The molecule has 0 saturated heterocycles. The molecule has 76 valence electrons. The van der Waals surface area contributed by atoms with Gasteiger partial charge < -0.3 is 16.2 Å². The van der Waals surface area contributed by atoms with Gasteiger partial charge in [0.2, 0.25) is 5.91 Å². The maximum absolute atomic E-state index is 11.1. The first kappa shape index (κ1) is 12.6. The second-order valence-electron chi connectivity index (χ2n) is 2.37. The average Bonchev–Trinajstić information content (AvgIpc) is 2.11. The Kier molecular flexibility index (Phi) is 5.93. The lowest BCUT2D eigenvalue weighted by molar-refractivity contribution is -0.141. The van der Waals surface area contributed by atoms with Crippen molar-refractivity contribution in [1.82, 2.24) is 5.32 Å². The number of nitrogens with two attached hydrogens (primary N) is 1. The minimum atomic E-state index is -1.13. The van der Waals surface area contributed by atoms with Crippen molar-refractivity contribution < 1.29 is 14.7 Å². The van der Waals surface area contributed by atoms with Gasteiger partial charge in [-0.2, -0.15) is 25.3 Å². The van der Waals surface area contributed by atoms with Gasteiger partial charge in [-0.3, -0.25) is 4.79 Å². The first-order valence-corrected chi connectivity index (χ1v) is 4.80. The highest BCUT2D eigenvalue weighted by Gasteiger charge is 2.20. The van der Waals surface area contributed by atoms with Crippen molar-refractivity contribution >= 4 is 37.1 Å². The molecule has 0 radical (unpaired) electrons. The van der Waals surface area contributed by atoms with Gasteiger partial charge in [0.15, 0.2) is 0 Å². The fraction of sp³-hybridized carbons (Fsp3) is 0.667. The molecule has 0 rings (SSSR count). The van der Waals surface area contributed by atoms with Crippen LogP contribution in [0.5, 0.6) is 0 Å². The van der Waals surface area contributed by atoms with E-state index in [0.717, 1.165) is 0 Å². The van der Waals surface area contributed by atoms with Crippen molar-refractivity contribution in [3.8, 4) is 0 Å². The molecule has 0 aliphatic rings. The summed E-state index contributed by atoms with van der Waals surface area (Å²) < 4.78 is 0. The summed E-state index contributed by atoms with van der Waals surface area (Å²) >= 11 is 7.58. The second-order valence-corrected chi connectivity index (χ2v) is 3.10. The van der Waals surface area contributed by atoms with Gasteiger partial charge in [0.25, 0.3) is 0 Å². The summed E-state index contributed by atoms with van der Waals surface area (Å²) in [5.41, 5.74) is 5.31. The molecule has 13 heavy (non-hydrogen) atoms. The first-order chi connectivity index (χ1) is 6.02. The molecule has 1 amide bonds. The molecular weight excluding hydrogens is 212 g/mol. The van der Waals surface area contributed by atoms with Gasteiger partial charge in [0.1, 0.15) is 6.04 Å². The number of nitrogens with one attached hydrogen (secondary N) is 1. The molecule has 2 atom stereocenters. The van der Waals surface area contributed by atoms with E-state index < -0.39 is 24.0 Å². The van der Waals surface area contributed by atoms with E-state index in [9.17, 15) is 9.59 Å². The Morgan fingerprint density at radius 3 is 2.23 bits per heavy atom. The molecule has 0 aliphatic heterocycles. The number of carboxylic acid groups (broad SMARTS) is 1. The van der Waals surface area contributed by atoms with Crippen LogP contribution in [0.4, 0.5) is 0 Å². The molecule has 0 heterocycles. The predicted octanol–water partition coefficient (Wildman–Crippen LogP) is -1.26. The monoisotopic (exact) mass is 224 g/mol. The van der Waals surface area contributed by atoms with Crippen molar-refractivity contribution in [2.45, 2.75) is 12.1 Å². The molecule has 0 saturated carbocycles. The normalized spacial score (nSPS) is 14.7. The SMILES string of the molecule is NC(CS)C(=O)NC(CS)C(=O)O. The maximum Gasteiger partial charge on any atom is 0.327 e. The van der Waals surface area contributed by atoms with Crippen LogP contribution in [0.15, 0.2) is 0 Å². The van der Waals surface area contributed by atoms with Gasteiger partial charge in [-0.1, -0.05) is 0 Å². The summed E-state index contributed by atoms with van der Waals surface area (Å²) in [6.07, 6.45) is 0. The smallest absolute Gasteiger partial charge is 0.327 e. The molecule has 0 bridgehead atoms. The zero-order valence-corrected chi connectivity index (χ0v) is 8.59. The van der Waals surface area contributed by atoms with Crippen LogP contribution in [-0.4, -0.2) is 40.6 Å². The number of carboxylic acids is 1. The Bertz CT molecular complexity index is 200. The van der Waals surface area contributed by atoms with Crippen molar-refractivity contribution in [1.29, 1.82) is 0 Å². The highest BCUT2D eigenvalue weighted by atomic mass is 32.1. The van der Waals surface area contributed by atoms with Crippen molar-refractivity contribution in [3.63, 3.8) is 0 Å². The summed E-state index contributed by atoms with van der Waals surface area (Å²) in [6.45, 7) is 0. The number of carbonyl (C=O) groups is 2. The molecule has 0 aromatic carbocycles. The Morgan fingerprint density at radius 2 is 1.92 bits per heavy atom. The van der Waals surface area contributed by atoms with Crippen LogP contribution < -0.4 is 11.1 Å². The number of thiol groups is 2. The van der Waals surface area contributed by atoms with E-state index in [1.54, 1.807) is 0 Å². The summed E-state index contributed by atoms with van der Waals surface area (Å²) in [7, 11) is 0. The van der Waals surface area contributed by atoms with E-state index in [1.807, 2.05) is 0 Å². The molecule has 0 spiro atoms. The zero-order valence-electron chi connectivity index (χ0n) is 6.80. The molecule has 0 aromatic rings. The first-order valence-electron chi connectivity index (χ1n) is 3.53. The minimum absolute atomic E-state index is 0.0281. The van der Waals surface area contributed by atoms with Gasteiger partial charge in [0.05, 0.1) is 6.04 Å². The fourth-order valence-electron chi connectivity index (χ4n) is 0.547. The molecule has 0 aromatic heterocycles. The number of carbonyl (C=O) groups excluding carboxylic acids is 1. The lowest BCUT2D eigenvalue weighted by Gasteiger charge is -2.14. The Morgan fingerprint density at radius 1 is 1.38 bits per heavy atom. The zero-order chi connectivity index (χ0) is 10.4. The lowest BCUT2D eigenvalue weighted by Crippen LogP contribution is -2.49. The van der Waals surface area contributed by atoms with Crippen LogP contribution in [0.25, 0.3) is 0 Å². The number of aliphatic carboxylic acids is 1. The standard InChI is InChI=1S/C6H12N2O3S2/c7-3(1-12)5(9)8-4(2-13)6(10)11/h3-4,12-13H,1-2,7H2,(H,8,9)(H,10,11). The van der Waals surface area contributed by atoms with Gasteiger partial charge in [-0.25, -0.2) is 4.79 Å². The van der Waals surface area contributed by atoms with E-state index >= 15 is 0 Å². The summed E-state index contributed by atoms with van der Waals surface area (Å²) in [5, 5.41) is 10.8. The summed E-state index contributed by atoms with van der Waals surface area (Å²) in [4.78, 5) is 21.5. The summed E-state index contributed by atoms with van der Waals surface area (Å²) in [5.74, 6) is -1.46. The topological polar surface area (TPSA) is 92.4 Å². The van der Waals surface area contributed by atoms with E-state index in [2.05, 4.69) is 30.6 Å². The van der Waals surface area contributed by atoms with Crippen LogP contribution in [0, 0.1) is 0 Å². The van der Waals surface area contributed by atoms with Crippen LogP contribution >= 0.6 is 25.3 Å². The molecule has 4 N–H and O–H groups in total. The van der Waals surface area contributed by atoms with Crippen LogP contribution in [0.1, 0.15) is 0 Å². The highest BCUT2D eigenvalue weighted by molar-refractivity contribution is 7.80. The van der Waals surface area contributed by atoms with E-state index in [1.165, 1.54) is 0 Å². The largest absolute Gasteiger partial charge is 0.480 e. The minimum Gasteiger partial charge on any atom is -0.480 e. The van der Waals surface area contributed by atoms with Crippen molar-refractivity contribution in [2.24, 2.45) is 5.73 Å². The number of hydrogen-bond donors (Lipinski definition) is 5. The van der Waals surface area contributed by atoms with Gasteiger partial charge >= 0.3 is 5.97 Å². The van der Waals surface area contributed by atoms with Crippen molar-refractivity contribution in [3.05, 3.63) is 0 Å². The second kappa shape index (κ2) is 6.11. The number of hydrogen-bond acceptors (Lipinski definition) is 5. The number of amides is 1. The van der Waals surface area contributed by atoms with Gasteiger partial charge in [-0.15, -0.1) is 0 Å². The molecule has 0 fully saturated rings. The van der Waals surface area contributed by atoms with E-state index in [4.69, 9.17) is 10.8 Å². The Labute approximate surface area is 86.9 Å². The third-order valence-corrected chi connectivity index (χ3v) is 2.09. The van der Waals surface area contributed by atoms with Crippen LogP contribution in [-0.2, 0) is 9.59 Å². The highest BCUT2D eigenvalue weighted by Crippen LogP contribution is 1.91. The maximum atomic E-state index is 11.1. The van der Waals surface area contributed by atoms with Gasteiger partial charge in [-0.05, 0) is 0 Å². The Hall–Kier alpha value is -0.400. The molecule has 2 unspecified atom stereocenters. The molecule has 5 nitrogen and oxygen atoms in total. The fourth-order valence-corrected chi connectivity index (χ4v) is 0.960. The quantitative estimate of drug-likeness (QED) is 0.377. The van der Waals surface area contributed by atoms with Crippen molar-refractivity contribution in [2.75, 3.05) is 11.5 Å². The predicted molar refractivity (Wildman–Crippen MR) is 55.2 cm³/mol. The summed E-state index contributed by atoms with van der Waals surface area (Å²) in [6, 6.07) is -1.79. The van der Waals surface area contributed by atoms with Crippen LogP contribution in [0.2, 0.25) is 0 Å². The van der Waals surface area contributed by atoms with Gasteiger partial charge in [0, 0.05) is 11.5 Å². The van der Waals surface area contributed by atoms with Crippen LogP contribution in [0.3, 0.4) is 0 Å². The third kappa shape index (κ3) is 4.39. The Balaban J connectivity index is 4.09. The molecule has 7 heteroatoms.